The summed E-state index contributed by atoms with van der Waals surface area (Å²) < 4.78 is 33.6. The molecular weight excluding hydrogens is 426 g/mol. The maximum Gasteiger partial charge on any atom is 0.243 e. The minimum Gasteiger partial charge on any atom is -0.377 e. The summed E-state index contributed by atoms with van der Waals surface area (Å²) in [4.78, 5) is 17.9. The molecule has 5 rings (SSSR count). The third-order valence-electron chi connectivity index (χ3n) is 7.68. The molecule has 1 unspecified atom stereocenters. The van der Waals surface area contributed by atoms with Crippen molar-refractivity contribution in [2.24, 2.45) is 5.92 Å². The zero-order valence-corrected chi connectivity index (χ0v) is 19.7. The largest absolute Gasteiger partial charge is 0.377 e. The Labute approximate surface area is 191 Å². The first kappa shape index (κ1) is 22.3. The third kappa shape index (κ3) is 4.60. The Morgan fingerprint density at radius 1 is 0.938 bits per heavy atom. The molecule has 0 spiro atoms. The van der Waals surface area contributed by atoms with Gasteiger partial charge in [0.15, 0.2) is 0 Å². The second-order valence-corrected chi connectivity index (χ2v) is 11.7. The molecule has 0 bridgehead atoms. The molecule has 176 valence electrons. The van der Waals surface area contributed by atoms with Crippen LogP contribution in [0.5, 0.6) is 0 Å². The molecular formula is C24H35N3O4S. The number of benzene rings is 1. The van der Waals surface area contributed by atoms with Crippen LogP contribution in [0, 0.1) is 5.92 Å². The van der Waals surface area contributed by atoms with Crippen LogP contribution in [-0.4, -0.2) is 87.0 Å². The fraction of sp³-hybridized carbons (Fsp3) is 0.708. The summed E-state index contributed by atoms with van der Waals surface area (Å²) >= 11 is 0. The highest BCUT2D eigenvalue weighted by Gasteiger charge is 2.35. The quantitative estimate of drug-likeness (QED) is 0.670. The van der Waals surface area contributed by atoms with E-state index in [0.717, 1.165) is 71.4 Å². The van der Waals surface area contributed by atoms with E-state index in [1.807, 2.05) is 17.0 Å². The van der Waals surface area contributed by atoms with Crippen molar-refractivity contribution in [2.45, 2.75) is 55.9 Å². The lowest BCUT2D eigenvalue weighted by Gasteiger charge is -2.38. The van der Waals surface area contributed by atoms with Gasteiger partial charge < -0.3 is 9.64 Å². The van der Waals surface area contributed by atoms with Gasteiger partial charge in [0.05, 0.1) is 11.0 Å². The zero-order chi connectivity index (χ0) is 22.1. The minimum absolute atomic E-state index is 0.0637. The third-order valence-corrected chi connectivity index (χ3v) is 9.58. The van der Waals surface area contributed by atoms with Crippen LogP contribution < -0.4 is 0 Å². The van der Waals surface area contributed by atoms with E-state index in [1.54, 1.807) is 10.4 Å². The Bertz CT molecular complexity index is 929. The normalized spacial score (nSPS) is 25.9. The molecule has 0 saturated carbocycles. The highest BCUT2D eigenvalue weighted by atomic mass is 32.2. The van der Waals surface area contributed by atoms with Crippen molar-refractivity contribution in [3.63, 3.8) is 0 Å². The highest BCUT2D eigenvalue weighted by Crippen LogP contribution is 2.29. The molecule has 3 fully saturated rings. The van der Waals surface area contributed by atoms with Crippen molar-refractivity contribution in [1.29, 1.82) is 0 Å². The fourth-order valence-corrected chi connectivity index (χ4v) is 7.21. The van der Waals surface area contributed by atoms with Gasteiger partial charge in [0.25, 0.3) is 0 Å². The van der Waals surface area contributed by atoms with E-state index in [-0.39, 0.29) is 11.8 Å². The van der Waals surface area contributed by atoms with E-state index in [4.69, 9.17) is 4.74 Å². The first-order valence-electron chi connectivity index (χ1n) is 12.3. The van der Waals surface area contributed by atoms with Crippen LogP contribution >= 0.6 is 0 Å². The maximum atomic E-state index is 13.2. The molecule has 1 amide bonds. The number of fused-ring (bicyclic) bond motifs is 1. The summed E-state index contributed by atoms with van der Waals surface area (Å²) in [5, 5.41) is 0. The molecule has 1 aromatic carbocycles. The summed E-state index contributed by atoms with van der Waals surface area (Å²) in [6.45, 7) is 6.03. The predicted molar refractivity (Wildman–Crippen MR) is 122 cm³/mol. The van der Waals surface area contributed by atoms with Crippen LogP contribution in [0.15, 0.2) is 23.1 Å². The number of carbonyl (C=O) groups excluding carboxylic acids is 1. The number of ether oxygens (including phenoxy) is 1. The lowest BCUT2D eigenvalue weighted by molar-refractivity contribution is -0.138. The van der Waals surface area contributed by atoms with Crippen molar-refractivity contribution < 1.29 is 17.9 Å². The smallest absolute Gasteiger partial charge is 0.243 e. The van der Waals surface area contributed by atoms with E-state index >= 15 is 0 Å². The molecule has 4 aliphatic rings. The monoisotopic (exact) mass is 461 g/mol. The van der Waals surface area contributed by atoms with Gasteiger partial charge in [-0.15, -0.1) is 0 Å². The summed E-state index contributed by atoms with van der Waals surface area (Å²) in [5.74, 6) is 0.141. The van der Waals surface area contributed by atoms with Crippen molar-refractivity contribution in [1.82, 2.24) is 14.1 Å². The molecule has 0 radical (unpaired) electrons. The van der Waals surface area contributed by atoms with Gasteiger partial charge in [-0.1, -0.05) is 6.07 Å². The standard InChI is InChI=1S/C24H35N3O4S/c28-24(26-14-12-25(13-15-26)18-22-5-2-16-31-22)20-8-10-27(11-9-20)32(29,30)23-7-6-19-3-1-4-21(19)17-23/h6-7,17,20,22H,1-5,8-16,18H2. The summed E-state index contributed by atoms with van der Waals surface area (Å²) in [5.41, 5.74) is 2.46. The van der Waals surface area contributed by atoms with Gasteiger partial charge >= 0.3 is 0 Å². The summed E-state index contributed by atoms with van der Waals surface area (Å²) in [7, 11) is -3.49. The van der Waals surface area contributed by atoms with E-state index in [1.165, 1.54) is 11.1 Å². The Morgan fingerprint density at radius 2 is 1.69 bits per heavy atom. The van der Waals surface area contributed by atoms with Crippen LogP contribution in [0.4, 0.5) is 0 Å². The first-order chi connectivity index (χ1) is 15.5. The SMILES string of the molecule is O=C(C1CCN(S(=O)(=O)c2ccc3c(c2)CCC3)CC1)N1CCN(CC2CCCO2)CC1. The number of piperidine rings is 1. The number of rotatable bonds is 5. The molecule has 1 atom stereocenters. The topological polar surface area (TPSA) is 70.2 Å². The van der Waals surface area contributed by atoms with Crippen LogP contribution in [0.3, 0.4) is 0 Å². The van der Waals surface area contributed by atoms with Gasteiger partial charge in [0.1, 0.15) is 0 Å². The van der Waals surface area contributed by atoms with Gasteiger partial charge in [-0.25, -0.2) is 8.42 Å². The second kappa shape index (κ2) is 9.41. The number of hydrogen-bond acceptors (Lipinski definition) is 5. The molecule has 1 aliphatic carbocycles. The van der Waals surface area contributed by atoms with Crippen molar-refractivity contribution >= 4 is 15.9 Å². The second-order valence-electron chi connectivity index (χ2n) is 9.72. The minimum atomic E-state index is -3.49. The molecule has 0 N–H and O–H groups in total. The van der Waals surface area contributed by atoms with E-state index < -0.39 is 10.0 Å². The number of amides is 1. The highest BCUT2D eigenvalue weighted by molar-refractivity contribution is 7.89. The van der Waals surface area contributed by atoms with Crippen LogP contribution in [-0.2, 0) is 32.4 Å². The van der Waals surface area contributed by atoms with Gasteiger partial charge in [0, 0.05) is 58.3 Å². The van der Waals surface area contributed by atoms with Gasteiger partial charge in [-0.2, -0.15) is 4.31 Å². The van der Waals surface area contributed by atoms with Crippen molar-refractivity contribution in [3.8, 4) is 0 Å². The maximum absolute atomic E-state index is 13.2. The predicted octanol–water partition coefficient (Wildman–Crippen LogP) is 1.90. The van der Waals surface area contributed by atoms with Crippen molar-refractivity contribution in [3.05, 3.63) is 29.3 Å². The van der Waals surface area contributed by atoms with E-state index in [0.29, 0.717) is 36.9 Å². The lowest BCUT2D eigenvalue weighted by Crippen LogP contribution is -2.53. The van der Waals surface area contributed by atoms with Gasteiger partial charge in [0.2, 0.25) is 15.9 Å². The van der Waals surface area contributed by atoms with E-state index in [9.17, 15) is 13.2 Å². The van der Waals surface area contributed by atoms with Crippen LogP contribution in [0.25, 0.3) is 0 Å². The number of aryl methyl sites for hydroxylation is 2. The number of nitrogens with zero attached hydrogens (tertiary/aromatic N) is 3. The average Bonchev–Trinajstić information content (AvgIpc) is 3.50. The van der Waals surface area contributed by atoms with E-state index in [2.05, 4.69) is 4.90 Å². The first-order valence-corrected chi connectivity index (χ1v) is 13.7. The number of sulfonamides is 1. The average molecular weight is 462 g/mol. The van der Waals surface area contributed by atoms with Gasteiger partial charge in [-0.05, 0) is 68.2 Å². The van der Waals surface area contributed by atoms with Crippen LogP contribution in [0.1, 0.15) is 43.2 Å². The Hall–Kier alpha value is -1.48. The van der Waals surface area contributed by atoms with Crippen LogP contribution in [0.2, 0.25) is 0 Å². The molecule has 7 nitrogen and oxygen atoms in total. The molecule has 8 heteroatoms. The fourth-order valence-electron chi connectivity index (χ4n) is 5.69. The zero-order valence-electron chi connectivity index (χ0n) is 18.9. The number of carbonyl (C=O) groups is 1. The molecule has 32 heavy (non-hydrogen) atoms. The molecule has 3 saturated heterocycles. The summed E-state index contributed by atoms with van der Waals surface area (Å²) in [6.07, 6.45) is 7.00. The Balaban J connectivity index is 1.12. The molecule has 3 aliphatic heterocycles. The van der Waals surface area contributed by atoms with Crippen molar-refractivity contribution in [2.75, 3.05) is 52.4 Å². The number of hydrogen-bond donors (Lipinski definition) is 0. The Morgan fingerprint density at radius 3 is 2.41 bits per heavy atom. The Kier molecular flexibility index (Phi) is 6.56. The van der Waals surface area contributed by atoms with Gasteiger partial charge in [-0.3, -0.25) is 9.69 Å². The molecule has 0 aromatic heterocycles. The lowest BCUT2D eigenvalue weighted by atomic mass is 9.96. The molecule has 1 aromatic rings. The molecule has 3 heterocycles. The number of piperazine rings is 1. The summed E-state index contributed by atoms with van der Waals surface area (Å²) in [6, 6.07) is 5.60.